The summed E-state index contributed by atoms with van der Waals surface area (Å²) < 4.78 is 0. The van der Waals surface area contributed by atoms with Gasteiger partial charge in [-0.25, -0.2) is 0 Å². The summed E-state index contributed by atoms with van der Waals surface area (Å²) in [6.45, 7) is 40.1. The molecule has 3 radical (unpaired) electrons. The van der Waals surface area contributed by atoms with Crippen LogP contribution in [0.15, 0.2) is 36.5 Å². The molecule has 3 rings (SSSR count). The summed E-state index contributed by atoms with van der Waals surface area (Å²) in [4.78, 5) is 181. The first-order valence-corrected chi connectivity index (χ1v) is 40.5. The van der Waals surface area contributed by atoms with Crippen LogP contribution in [0.3, 0.4) is 0 Å². The monoisotopic (exact) mass is 1640 g/mol. The molecule has 0 bridgehead atoms. The Morgan fingerprint density at radius 1 is 0.357 bits per heavy atom. The number of carboxylic acids is 6. The van der Waals surface area contributed by atoms with Gasteiger partial charge in [0.05, 0.1) is 26.2 Å². The summed E-state index contributed by atoms with van der Waals surface area (Å²) in [5.41, 5.74) is 5.63. The van der Waals surface area contributed by atoms with Gasteiger partial charge < -0.3 is 66.6 Å². The molecule has 0 aromatic rings. The maximum absolute atomic E-state index is 12.2. The van der Waals surface area contributed by atoms with Gasteiger partial charge in [-0.2, -0.15) is 0 Å². The first-order chi connectivity index (χ1) is 53.8. The van der Waals surface area contributed by atoms with Gasteiger partial charge in [0.1, 0.15) is 6.04 Å². The number of nitrogens with two attached hydrogens (primary N) is 1. The minimum Gasteiger partial charge on any atom is -0.481 e. The normalized spacial score (nSPS) is 13.9. The number of unbranched alkanes of at least 4 members (excludes halogenated alkanes) is 3. The summed E-state index contributed by atoms with van der Waals surface area (Å²) in [6.07, 6.45) is 16.3. The molecule has 35 nitrogen and oxygen atoms in total. The van der Waals surface area contributed by atoms with E-state index in [1.807, 2.05) is 0 Å². The molecule has 0 saturated carbocycles. The Balaban J connectivity index is -0.000000770. The average molecular weight is 1640 g/mol. The third-order valence-electron chi connectivity index (χ3n) is 19.9. The lowest BCUT2D eigenvalue weighted by molar-refractivity contribution is -0.146. The lowest BCUT2D eigenvalue weighted by atomic mass is 10.1. The fourth-order valence-corrected chi connectivity index (χ4v) is 12.7. The summed E-state index contributed by atoms with van der Waals surface area (Å²) >= 11 is 0. The number of carbonyl (C=O) groups is 14. The van der Waals surface area contributed by atoms with Crippen molar-refractivity contribution in [1.29, 1.82) is 0 Å². The number of rotatable bonds is 64. The Hall–Kier alpha value is -7.94. The Labute approximate surface area is 687 Å². The maximum atomic E-state index is 12.2. The highest BCUT2D eigenvalue weighted by Gasteiger charge is 2.30. The number of carbonyl (C=O) groups excluding carboxylic acids is 8. The van der Waals surface area contributed by atoms with Crippen LogP contribution in [-0.2, 0) is 67.1 Å². The molecule has 0 aliphatic carbocycles. The van der Waals surface area contributed by atoms with Crippen LogP contribution in [0.5, 0.6) is 0 Å². The molecule has 3 atom stereocenters. The summed E-state index contributed by atoms with van der Waals surface area (Å²) in [5.74, 6) is -9.86. The van der Waals surface area contributed by atoms with Crippen LogP contribution in [0.25, 0.3) is 0 Å². The van der Waals surface area contributed by atoms with Crippen molar-refractivity contribution < 1.29 is 99.2 Å². The van der Waals surface area contributed by atoms with E-state index in [1.54, 1.807) is 0 Å². The highest BCUT2D eigenvalue weighted by Crippen LogP contribution is 2.15. The van der Waals surface area contributed by atoms with Crippen molar-refractivity contribution in [2.24, 2.45) is 5.73 Å². The molecular formula is C79H145BN15O20. The Morgan fingerprint density at radius 2 is 0.609 bits per heavy atom. The first kappa shape index (κ1) is 111. The van der Waals surface area contributed by atoms with E-state index in [0.717, 1.165) is 143 Å². The number of hydrogen-bond acceptors (Lipinski definition) is 24. The van der Waals surface area contributed by atoms with Crippen LogP contribution in [0.4, 0.5) is 0 Å². The van der Waals surface area contributed by atoms with Crippen molar-refractivity contribution in [3.63, 3.8) is 0 Å². The van der Waals surface area contributed by atoms with Gasteiger partial charge in [0.15, 0.2) is 0 Å². The summed E-state index contributed by atoms with van der Waals surface area (Å²) in [6, 6.07) is 0.0199. The molecule has 0 spiro atoms. The third kappa shape index (κ3) is 52.4. The van der Waals surface area contributed by atoms with Gasteiger partial charge in [-0.1, -0.05) is 75.7 Å². The zero-order valence-corrected chi connectivity index (χ0v) is 69.9. The molecule has 10 N–H and O–H groups in total. The minimum atomic E-state index is -1.29. The van der Waals surface area contributed by atoms with Gasteiger partial charge in [0.25, 0.3) is 35.4 Å². The quantitative estimate of drug-likeness (QED) is 0.0240. The Kier molecular flexibility index (Phi) is 64.9. The van der Waals surface area contributed by atoms with E-state index < -0.39 is 79.9 Å². The average Bonchev–Trinajstić information content (AvgIpc) is 1.78. The van der Waals surface area contributed by atoms with E-state index in [-0.39, 0.29) is 124 Å². The second-order valence-electron chi connectivity index (χ2n) is 27.9. The number of likely N-dealkylation sites (N-methyl/N-ethyl adjacent to an activating group) is 4. The van der Waals surface area contributed by atoms with E-state index in [1.165, 1.54) is 73.1 Å². The molecule has 3 aliphatic heterocycles. The molecule has 0 aromatic heterocycles. The number of carboxylic acid groups (broad SMARTS) is 6. The molecule has 0 aromatic carbocycles. The van der Waals surface area contributed by atoms with Crippen LogP contribution < -0.4 is 16.4 Å². The van der Waals surface area contributed by atoms with Crippen LogP contribution in [0.1, 0.15) is 174 Å². The molecule has 36 heteroatoms. The molecule has 0 unspecified atom stereocenters. The van der Waals surface area contributed by atoms with Crippen LogP contribution >= 0.6 is 0 Å². The molecule has 8 amide bonds. The number of aliphatic carboxylic acids is 6. The topological polar surface area (TPSA) is 449 Å². The van der Waals surface area contributed by atoms with E-state index >= 15 is 0 Å². The SMILES string of the molecule is C.CCN(CC)CCN(CCN(CC)CC)[C@H](C)CCCCN.CCN(CC)CCN(CCN(CC)CC)[C@H](C)CCCCNC(=O)CCCN1C(=O)C=CC1=O.O=C(O)CCCN1C(=O)C=CC1=O.O=C(O)CN(CCN(CCN(CC(=O)O)CC(=O)O)[C@@H](CCCCNC(=O)CCCN1C(=O)C=CC1=O)C(=O)O)CC(=O)O.[2HH].[B]. The predicted octanol–water partition coefficient (Wildman–Crippen LogP) is 2.79. The molecule has 3 heterocycles. The van der Waals surface area contributed by atoms with Crippen molar-refractivity contribution in [3.05, 3.63) is 36.5 Å². The number of nitrogens with zero attached hydrogens (tertiary/aromatic N) is 12. The van der Waals surface area contributed by atoms with Crippen LogP contribution in [0.2, 0.25) is 0 Å². The van der Waals surface area contributed by atoms with Crippen molar-refractivity contribution >= 4 is 91.5 Å². The summed E-state index contributed by atoms with van der Waals surface area (Å²) in [7, 11) is 0. The molecule has 0 fully saturated rings. The lowest BCUT2D eigenvalue weighted by Gasteiger charge is -2.33. The third-order valence-corrected chi connectivity index (χ3v) is 19.9. The van der Waals surface area contributed by atoms with Crippen molar-refractivity contribution in [1.82, 2.24) is 69.4 Å². The number of nitrogens with one attached hydrogen (secondary N) is 2. The number of amides is 8. The molecule has 3 aliphatic rings. The van der Waals surface area contributed by atoms with Gasteiger partial charge in [-0.3, -0.25) is 106 Å². The van der Waals surface area contributed by atoms with Crippen LogP contribution in [-0.4, -0.2) is 395 Å². The molecule has 0 saturated heterocycles. The van der Waals surface area contributed by atoms with Crippen molar-refractivity contribution in [2.75, 3.05) is 196 Å². The standard InChI is InChI=1S/C26H39N5O13.C26H49N5O3.C18H42N4.C8H9NO4.CH4.B.H2/c32-19(5-3-9-31-20(33)6-7-21(31)34)27-8-2-1-4-18(26(43)44)30(12-10-28(14-22(35)36)15-23(37)38)13-11-29(16-24(39)40)17-25(41)42;1-6-28(7-2)19-21-30(22-20-29(8-3)9-4)23(5)13-10-11-17-27-24(32)14-12-18-31-25(33)15-16-26(31)34;1-6-20(7-2)14-16-22(17-15-21(8-3)9-4)18(5)12-10-11-13-19;10-6-3-4-7(11)9(6)5-1-2-8(12)13;;;/h6-7,18H,1-5,8-17H2,(H,27,32)(H,35,36)(H,37,38)(H,39,40)(H,41,42)(H,43,44);15-16,23H,6-14,17-22H2,1-5H3,(H,27,32);18H,6-17,19H2,1-5H3;3-4H,1-2,5H2,(H,12,13);1H4;;1H/t18-;23-;18-;;;;/m011..../s1/i;;;;;;1+1. The van der Waals surface area contributed by atoms with Crippen molar-refractivity contribution in [3.8, 4) is 0 Å². The van der Waals surface area contributed by atoms with Crippen LogP contribution in [0, 0.1) is 0 Å². The fraction of sp³-hybridized carbons (Fsp3) is 0.747. The second-order valence-corrected chi connectivity index (χ2v) is 27.9. The van der Waals surface area contributed by atoms with Gasteiger partial charge in [0, 0.05) is 189 Å². The fourth-order valence-electron chi connectivity index (χ4n) is 12.7. The second kappa shape index (κ2) is 67.1. The molecule has 115 heavy (non-hydrogen) atoms. The zero-order chi connectivity index (χ0) is 85.2. The van der Waals surface area contributed by atoms with E-state index in [4.69, 9.17) is 31.3 Å². The Morgan fingerprint density at radius 3 is 0.861 bits per heavy atom. The first-order valence-electron chi connectivity index (χ1n) is 40.5. The lowest BCUT2D eigenvalue weighted by Crippen LogP contribution is -2.50. The number of imide groups is 3. The maximum Gasteiger partial charge on any atom is 0.320 e. The van der Waals surface area contributed by atoms with Gasteiger partial charge in [0.2, 0.25) is 11.8 Å². The summed E-state index contributed by atoms with van der Waals surface area (Å²) in [5, 5.41) is 60.3. The van der Waals surface area contributed by atoms with Gasteiger partial charge in [-0.15, -0.1) is 0 Å². The molecular weight excluding hydrogens is 1490 g/mol. The smallest absolute Gasteiger partial charge is 0.320 e. The molecule has 659 valence electrons. The number of hydrogen-bond donors (Lipinski definition) is 9. The predicted molar refractivity (Wildman–Crippen MR) is 444 cm³/mol. The highest BCUT2D eigenvalue weighted by atomic mass is 16.4. The highest BCUT2D eigenvalue weighted by molar-refractivity contribution is 6.14. The minimum absolute atomic E-state index is 0. The van der Waals surface area contributed by atoms with E-state index in [0.29, 0.717) is 57.3 Å². The van der Waals surface area contributed by atoms with E-state index in [9.17, 15) is 72.2 Å². The Bertz CT molecular complexity index is 2810. The van der Waals surface area contributed by atoms with Gasteiger partial charge in [-0.05, 0) is 137 Å². The zero-order valence-electron chi connectivity index (χ0n) is 69.9. The van der Waals surface area contributed by atoms with Gasteiger partial charge >= 0.3 is 35.8 Å². The van der Waals surface area contributed by atoms with E-state index in [2.05, 4.69) is 109 Å². The van der Waals surface area contributed by atoms with Crippen molar-refractivity contribution in [2.45, 2.75) is 191 Å². The largest absolute Gasteiger partial charge is 0.481 e.